The maximum atomic E-state index is 13.5. The summed E-state index contributed by atoms with van der Waals surface area (Å²) in [5, 5.41) is 0. The topological polar surface area (TPSA) is 78.9 Å². The third-order valence-electron chi connectivity index (χ3n) is 7.88. The van der Waals surface area contributed by atoms with Gasteiger partial charge in [0, 0.05) is 17.9 Å². The van der Waals surface area contributed by atoms with Gasteiger partial charge in [-0.3, -0.25) is 14.4 Å². The van der Waals surface area contributed by atoms with E-state index in [4.69, 9.17) is 14.2 Å². The van der Waals surface area contributed by atoms with Crippen molar-refractivity contribution in [2.75, 3.05) is 21.3 Å². The molecule has 0 spiro atoms. The van der Waals surface area contributed by atoms with Gasteiger partial charge in [0.1, 0.15) is 11.6 Å². The lowest BCUT2D eigenvalue weighted by molar-refractivity contribution is -0.129. The van der Waals surface area contributed by atoms with Crippen LogP contribution in [0.5, 0.6) is 17.2 Å². The van der Waals surface area contributed by atoms with Crippen LogP contribution in [0.15, 0.2) is 24.3 Å². The van der Waals surface area contributed by atoms with Gasteiger partial charge in [-0.2, -0.15) is 0 Å². The summed E-state index contributed by atoms with van der Waals surface area (Å²) < 4.78 is 16.7. The summed E-state index contributed by atoms with van der Waals surface area (Å²) >= 11 is 0. The van der Waals surface area contributed by atoms with Gasteiger partial charge in [-0.05, 0) is 79.3 Å². The van der Waals surface area contributed by atoms with Gasteiger partial charge in [0.25, 0.3) is 0 Å². The van der Waals surface area contributed by atoms with Crippen LogP contribution in [0.2, 0.25) is 0 Å². The Morgan fingerprint density at radius 1 is 1.00 bits per heavy atom. The molecule has 0 fully saturated rings. The van der Waals surface area contributed by atoms with Crippen LogP contribution >= 0.6 is 0 Å². The van der Waals surface area contributed by atoms with Gasteiger partial charge in [0.05, 0.1) is 27.8 Å². The summed E-state index contributed by atoms with van der Waals surface area (Å²) in [6.07, 6.45) is 4.61. The predicted molar refractivity (Wildman–Crippen MR) is 150 cm³/mol. The molecule has 38 heavy (non-hydrogen) atoms. The molecule has 1 aliphatic carbocycles. The number of aryl methyl sites for hydroxylation is 1. The zero-order valence-corrected chi connectivity index (χ0v) is 23.9. The van der Waals surface area contributed by atoms with Crippen molar-refractivity contribution in [2.45, 2.75) is 72.6 Å². The van der Waals surface area contributed by atoms with E-state index in [9.17, 15) is 14.4 Å². The molecule has 2 aromatic rings. The Hall–Kier alpha value is -3.15. The van der Waals surface area contributed by atoms with Crippen LogP contribution < -0.4 is 14.2 Å². The normalized spacial score (nSPS) is 16.4. The van der Waals surface area contributed by atoms with Gasteiger partial charge >= 0.3 is 0 Å². The SMILES string of the molecule is CCCC(CC1CC(=O)c2c(C)ccc(-c3cc(OC)c(OC)c(OC)c3)c2C1)C(CC)C(=O)CC(C)=O. The fourth-order valence-electron chi connectivity index (χ4n) is 6.25. The number of Topliss-reactive ketones (excluding diaryl/α,β-unsaturated/α-hetero) is 3. The average Bonchev–Trinajstić information content (AvgIpc) is 2.87. The first-order valence-corrected chi connectivity index (χ1v) is 13.7. The van der Waals surface area contributed by atoms with Crippen LogP contribution in [-0.2, 0) is 16.0 Å². The Balaban J connectivity index is 2.02. The number of carbonyl (C=O) groups excluding carboxylic acids is 3. The molecule has 0 aromatic heterocycles. The summed E-state index contributed by atoms with van der Waals surface area (Å²) in [6.45, 7) is 7.62. The molecule has 3 rings (SSSR count). The standard InChI is InChI=1S/C32H42O6/c1-8-10-22(24(9-2)27(34)13-20(4)33)14-21-15-26-25(12-11-19(3)31(26)28(35)16-21)23-17-29(36-5)32(38-7)30(18-23)37-6/h11-12,17-18,21-22,24H,8-10,13-16H2,1-7H3. The predicted octanol–water partition coefficient (Wildman–Crippen LogP) is 6.81. The monoisotopic (exact) mass is 522 g/mol. The highest BCUT2D eigenvalue weighted by molar-refractivity contribution is 6.02. The Morgan fingerprint density at radius 3 is 2.18 bits per heavy atom. The lowest BCUT2D eigenvalue weighted by Crippen LogP contribution is -2.30. The van der Waals surface area contributed by atoms with Crippen molar-refractivity contribution in [3.8, 4) is 28.4 Å². The maximum Gasteiger partial charge on any atom is 0.203 e. The molecule has 6 nitrogen and oxygen atoms in total. The number of benzene rings is 2. The minimum absolute atomic E-state index is 0.00434. The van der Waals surface area contributed by atoms with E-state index in [0.29, 0.717) is 30.1 Å². The molecule has 0 saturated heterocycles. The first-order valence-electron chi connectivity index (χ1n) is 13.7. The van der Waals surface area contributed by atoms with Crippen LogP contribution in [-0.4, -0.2) is 38.7 Å². The molecule has 2 aromatic carbocycles. The van der Waals surface area contributed by atoms with Crippen molar-refractivity contribution in [2.24, 2.45) is 17.8 Å². The quantitative estimate of drug-likeness (QED) is 0.269. The van der Waals surface area contributed by atoms with Crippen molar-refractivity contribution >= 4 is 17.3 Å². The van der Waals surface area contributed by atoms with Gasteiger partial charge in [0.15, 0.2) is 17.3 Å². The van der Waals surface area contributed by atoms with Gasteiger partial charge in [-0.25, -0.2) is 0 Å². The van der Waals surface area contributed by atoms with E-state index in [2.05, 4.69) is 13.0 Å². The summed E-state index contributed by atoms with van der Waals surface area (Å²) in [6, 6.07) is 7.92. The fourth-order valence-corrected chi connectivity index (χ4v) is 6.25. The molecule has 0 saturated carbocycles. The van der Waals surface area contributed by atoms with Gasteiger partial charge < -0.3 is 14.2 Å². The van der Waals surface area contributed by atoms with E-state index in [1.165, 1.54) is 6.92 Å². The molecule has 3 unspecified atom stereocenters. The molecule has 0 radical (unpaired) electrons. The molecule has 0 heterocycles. The summed E-state index contributed by atoms with van der Waals surface area (Å²) in [5.74, 6) is 1.89. The zero-order chi connectivity index (χ0) is 28.0. The second-order valence-electron chi connectivity index (χ2n) is 10.5. The number of hydrogen-bond donors (Lipinski definition) is 0. The van der Waals surface area contributed by atoms with Crippen molar-refractivity contribution in [1.29, 1.82) is 0 Å². The highest BCUT2D eigenvalue weighted by Gasteiger charge is 2.34. The molecule has 0 amide bonds. The number of ketones is 3. The number of methoxy groups -OCH3 is 3. The Morgan fingerprint density at radius 2 is 1.66 bits per heavy atom. The van der Waals surface area contributed by atoms with Crippen molar-refractivity contribution in [3.05, 3.63) is 41.0 Å². The third-order valence-corrected chi connectivity index (χ3v) is 7.88. The fraction of sp³-hybridized carbons (Fsp3) is 0.531. The minimum Gasteiger partial charge on any atom is -0.493 e. The van der Waals surface area contributed by atoms with Crippen LogP contribution in [0.4, 0.5) is 0 Å². The Kier molecular flexibility index (Phi) is 10.1. The van der Waals surface area contributed by atoms with Gasteiger partial charge in [-0.1, -0.05) is 38.8 Å². The number of carbonyl (C=O) groups is 3. The lowest BCUT2D eigenvalue weighted by Gasteiger charge is -2.32. The maximum absolute atomic E-state index is 13.5. The molecule has 1 aliphatic rings. The van der Waals surface area contributed by atoms with E-state index in [1.807, 2.05) is 32.0 Å². The number of hydrogen-bond acceptors (Lipinski definition) is 6. The van der Waals surface area contributed by atoms with Gasteiger partial charge in [0.2, 0.25) is 5.75 Å². The number of ether oxygens (including phenoxy) is 3. The number of rotatable bonds is 13. The molecular formula is C32H42O6. The van der Waals surface area contributed by atoms with Gasteiger partial charge in [-0.15, -0.1) is 0 Å². The second-order valence-corrected chi connectivity index (χ2v) is 10.5. The largest absolute Gasteiger partial charge is 0.493 e. The molecule has 0 N–H and O–H groups in total. The molecule has 3 atom stereocenters. The Bertz CT molecular complexity index is 1160. The van der Waals surface area contributed by atoms with Crippen LogP contribution in [0.25, 0.3) is 11.1 Å². The van der Waals surface area contributed by atoms with Crippen LogP contribution in [0.1, 0.15) is 80.8 Å². The van der Waals surface area contributed by atoms with E-state index in [-0.39, 0.29) is 41.5 Å². The zero-order valence-electron chi connectivity index (χ0n) is 23.9. The van der Waals surface area contributed by atoms with E-state index >= 15 is 0 Å². The average molecular weight is 523 g/mol. The summed E-state index contributed by atoms with van der Waals surface area (Å²) in [7, 11) is 4.77. The van der Waals surface area contributed by atoms with E-state index in [0.717, 1.165) is 53.5 Å². The second kappa shape index (κ2) is 13.1. The molecule has 6 heteroatoms. The molecule has 206 valence electrons. The molecular weight excluding hydrogens is 480 g/mol. The lowest BCUT2D eigenvalue weighted by atomic mass is 9.71. The third kappa shape index (κ3) is 6.28. The summed E-state index contributed by atoms with van der Waals surface area (Å²) in [4.78, 5) is 38.1. The van der Waals surface area contributed by atoms with Crippen LogP contribution in [0, 0.1) is 24.7 Å². The highest BCUT2D eigenvalue weighted by atomic mass is 16.5. The first-order chi connectivity index (χ1) is 18.2. The smallest absolute Gasteiger partial charge is 0.203 e. The van der Waals surface area contributed by atoms with Crippen molar-refractivity contribution < 1.29 is 28.6 Å². The molecule has 0 aliphatic heterocycles. The Labute approximate surface area is 227 Å². The highest BCUT2D eigenvalue weighted by Crippen LogP contribution is 2.45. The summed E-state index contributed by atoms with van der Waals surface area (Å²) in [5.41, 5.74) is 4.71. The van der Waals surface area contributed by atoms with Crippen molar-refractivity contribution in [1.82, 2.24) is 0 Å². The first kappa shape index (κ1) is 29.4. The molecule has 0 bridgehead atoms. The van der Waals surface area contributed by atoms with E-state index < -0.39 is 0 Å². The minimum atomic E-state index is -0.151. The van der Waals surface area contributed by atoms with E-state index in [1.54, 1.807) is 21.3 Å². The van der Waals surface area contributed by atoms with Crippen LogP contribution in [0.3, 0.4) is 0 Å². The van der Waals surface area contributed by atoms with Crippen molar-refractivity contribution in [3.63, 3.8) is 0 Å². The number of fused-ring (bicyclic) bond motifs is 1.